The van der Waals surface area contributed by atoms with Gasteiger partial charge in [-0.3, -0.25) is 4.98 Å². The zero-order valence-corrected chi connectivity index (χ0v) is 18.5. The predicted octanol–water partition coefficient (Wildman–Crippen LogP) is 5.75. The minimum absolute atomic E-state index is 0.148. The molecule has 0 aliphatic carbocycles. The van der Waals surface area contributed by atoms with Crippen LogP contribution in [0.2, 0.25) is 10.0 Å². The largest absolute Gasteiger partial charge is 0.351 e. The van der Waals surface area contributed by atoms with Gasteiger partial charge in [-0.05, 0) is 72.9 Å². The monoisotopic (exact) mass is 465 g/mol. The minimum atomic E-state index is -0.156. The molecule has 3 aromatic heterocycles. The lowest BCUT2D eigenvalue weighted by atomic mass is 10.0. The van der Waals surface area contributed by atoms with Crippen molar-refractivity contribution in [2.24, 2.45) is 0 Å². The van der Waals surface area contributed by atoms with Gasteiger partial charge in [0, 0.05) is 35.0 Å². The molecule has 5 nitrogen and oxygen atoms in total. The third-order valence-electron chi connectivity index (χ3n) is 5.24. The van der Waals surface area contributed by atoms with E-state index in [9.17, 15) is 0 Å². The Morgan fingerprint density at radius 1 is 0.871 bits per heavy atom. The molecule has 4 aromatic rings. The molecular weight excluding hydrogens is 449 g/mol. The van der Waals surface area contributed by atoms with Crippen LogP contribution in [0.15, 0.2) is 85.3 Å². The third-order valence-corrected chi connectivity index (χ3v) is 6.03. The van der Waals surface area contributed by atoms with Gasteiger partial charge in [0.2, 0.25) is 0 Å². The van der Waals surface area contributed by atoms with Crippen molar-refractivity contribution in [3.05, 3.63) is 107 Å². The Morgan fingerprint density at radius 3 is 2.39 bits per heavy atom. The Balaban J connectivity index is 1.66. The predicted molar refractivity (Wildman–Crippen MR) is 128 cm³/mol. The molecule has 1 aromatic carbocycles. The fourth-order valence-electron chi connectivity index (χ4n) is 3.89. The number of nitrogens with zero attached hydrogens (tertiary/aromatic N) is 4. The molecule has 1 fully saturated rings. The third kappa shape index (κ3) is 3.78. The average molecular weight is 466 g/mol. The van der Waals surface area contributed by atoms with E-state index >= 15 is 0 Å². The fourth-order valence-corrected chi connectivity index (χ4v) is 4.47. The Labute approximate surface area is 195 Å². The van der Waals surface area contributed by atoms with Crippen molar-refractivity contribution in [3.8, 4) is 5.82 Å². The van der Waals surface area contributed by atoms with E-state index in [-0.39, 0.29) is 12.1 Å². The number of benzene rings is 1. The fraction of sp³-hybridized carbons (Fsp3) is 0.0870. The summed E-state index contributed by atoms with van der Waals surface area (Å²) in [6.07, 6.45) is 5.43. The second kappa shape index (κ2) is 8.30. The molecule has 0 saturated carbocycles. The zero-order valence-electron chi connectivity index (χ0n) is 16.2. The Kier molecular flexibility index (Phi) is 5.36. The first-order valence-electron chi connectivity index (χ1n) is 9.67. The molecule has 31 heavy (non-hydrogen) atoms. The lowest BCUT2D eigenvalue weighted by Crippen LogP contribution is -2.30. The molecular formula is C23H17Cl2N5S. The van der Waals surface area contributed by atoms with Crippen LogP contribution in [0.3, 0.4) is 0 Å². The van der Waals surface area contributed by atoms with Crippen molar-refractivity contribution in [2.45, 2.75) is 12.1 Å². The van der Waals surface area contributed by atoms with E-state index in [4.69, 9.17) is 35.4 Å². The number of hydrogen-bond donors (Lipinski definition) is 1. The van der Waals surface area contributed by atoms with E-state index in [1.165, 1.54) is 0 Å². The van der Waals surface area contributed by atoms with Crippen LogP contribution in [0.4, 0.5) is 5.69 Å². The number of halogens is 2. The lowest BCUT2D eigenvalue weighted by Gasteiger charge is -2.28. The number of aromatic nitrogens is 3. The lowest BCUT2D eigenvalue weighted by molar-refractivity contribution is 0.548. The molecule has 1 saturated heterocycles. The van der Waals surface area contributed by atoms with Gasteiger partial charge >= 0.3 is 0 Å². The van der Waals surface area contributed by atoms with Crippen LogP contribution in [0.1, 0.15) is 23.5 Å². The van der Waals surface area contributed by atoms with Crippen molar-refractivity contribution in [3.63, 3.8) is 0 Å². The second-order valence-electron chi connectivity index (χ2n) is 7.11. The van der Waals surface area contributed by atoms with Crippen molar-refractivity contribution >= 4 is 46.2 Å². The second-order valence-corrected chi connectivity index (χ2v) is 8.37. The smallest absolute Gasteiger partial charge is 0.174 e. The Bertz CT molecular complexity index is 1210. The highest BCUT2D eigenvalue weighted by atomic mass is 35.5. The Hall–Kier alpha value is -2.93. The van der Waals surface area contributed by atoms with Gasteiger partial charge in [0.05, 0.1) is 16.8 Å². The van der Waals surface area contributed by atoms with Crippen LogP contribution in [0.25, 0.3) is 5.82 Å². The summed E-state index contributed by atoms with van der Waals surface area (Å²) in [5, 5.41) is 5.36. The highest BCUT2D eigenvalue weighted by molar-refractivity contribution is 7.80. The van der Waals surface area contributed by atoms with Crippen molar-refractivity contribution in [2.75, 3.05) is 4.90 Å². The summed E-state index contributed by atoms with van der Waals surface area (Å²) in [4.78, 5) is 11.2. The minimum Gasteiger partial charge on any atom is -0.351 e. The number of nitrogens with one attached hydrogen (secondary N) is 1. The molecule has 154 valence electrons. The van der Waals surface area contributed by atoms with Gasteiger partial charge in [-0.1, -0.05) is 29.3 Å². The van der Waals surface area contributed by atoms with Gasteiger partial charge in [-0.2, -0.15) is 0 Å². The van der Waals surface area contributed by atoms with E-state index in [1.54, 1.807) is 12.4 Å². The molecule has 0 spiro atoms. The van der Waals surface area contributed by atoms with Crippen LogP contribution in [0, 0.1) is 0 Å². The molecule has 2 unspecified atom stereocenters. The van der Waals surface area contributed by atoms with Crippen LogP contribution >= 0.6 is 35.4 Å². The van der Waals surface area contributed by atoms with Gasteiger partial charge in [-0.25, -0.2) is 4.98 Å². The van der Waals surface area contributed by atoms with E-state index in [0.717, 1.165) is 22.9 Å². The average Bonchev–Trinajstić information content (AvgIpc) is 3.40. The maximum absolute atomic E-state index is 6.13. The summed E-state index contributed by atoms with van der Waals surface area (Å²) in [6.45, 7) is 0. The van der Waals surface area contributed by atoms with Gasteiger partial charge in [0.15, 0.2) is 5.11 Å². The maximum Gasteiger partial charge on any atom is 0.174 e. The van der Waals surface area contributed by atoms with Crippen LogP contribution in [0.5, 0.6) is 0 Å². The molecule has 0 amide bonds. The van der Waals surface area contributed by atoms with E-state index in [0.29, 0.717) is 15.2 Å². The first kappa shape index (κ1) is 20.0. The van der Waals surface area contributed by atoms with Crippen molar-refractivity contribution in [1.29, 1.82) is 0 Å². The number of anilines is 1. The van der Waals surface area contributed by atoms with Crippen molar-refractivity contribution < 1.29 is 0 Å². The summed E-state index contributed by atoms with van der Waals surface area (Å²) >= 11 is 18.0. The number of hydrogen-bond acceptors (Lipinski definition) is 3. The quantitative estimate of drug-likeness (QED) is 0.388. The highest BCUT2D eigenvalue weighted by Gasteiger charge is 2.42. The number of rotatable bonds is 4. The topological polar surface area (TPSA) is 46.0 Å². The standard InChI is InChI=1S/C23H17Cl2N5S/c24-15-6-9-17(10-7-15)30-22(21(28-23(30)31)18-4-1-2-12-26-18)19-5-3-13-29(19)20-11-8-16(25)14-27-20/h1-14,21-22H,(H,28,31). The van der Waals surface area contributed by atoms with Crippen LogP contribution in [-0.2, 0) is 0 Å². The highest BCUT2D eigenvalue weighted by Crippen LogP contribution is 2.42. The first-order valence-corrected chi connectivity index (χ1v) is 10.8. The first-order chi connectivity index (χ1) is 15.1. The maximum atomic E-state index is 6.13. The van der Waals surface area contributed by atoms with E-state index in [2.05, 4.69) is 30.8 Å². The number of thiocarbonyl (C=S) groups is 1. The zero-order chi connectivity index (χ0) is 21.4. The summed E-state index contributed by atoms with van der Waals surface area (Å²) in [5.74, 6) is 0.776. The molecule has 1 aliphatic heterocycles. The summed E-state index contributed by atoms with van der Waals surface area (Å²) < 4.78 is 2.05. The Morgan fingerprint density at radius 2 is 1.68 bits per heavy atom. The summed E-state index contributed by atoms with van der Waals surface area (Å²) in [6, 6.07) is 21.1. The molecule has 0 bridgehead atoms. The molecule has 4 heterocycles. The van der Waals surface area contributed by atoms with E-state index < -0.39 is 0 Å². The normalized spacial score (nSPS) is 18.3. The van der Waals surface area contributed by atoms with Crippen LogP contribution < -0.4 is 10.2 Å². The molecule has 1 N–H and O–H groups in total. The summed E-state index contributed by atoms with van der Waals surface area (Å²) in [5.41, 5.74) is 2.87. The van der Waals surface area contributed by atoms with Gasteiger partial charge < -0.3 is 14.8 Å². The molecule has 8 heteroatoms. The molecule has 1 aliphatic rings. The summed E-state index contributed by atoms with van der Waals surface area (Å²) in [7, 11) is 0. The molecule has 5 rings (SSSR count). The van der Waals surface area contributed by atoms with E-state index in [1.807, 2.05) is 66.9 Å². The van der Waals surface area contributed by atoms with Gasteiger partial charge in [0.25, 0.3) is 0 Å². The van der Waals surface area contributed by atoms with Gasteiger partial charge in [0.1, 0.15) is 11.9 Å². The molecule has 0 radical (unpaired) electrons. The van der Waals surface area contributed by atoms with Gasteiger partial charge in [-0.15, -0.1) is 0 Å². The van der Waals surface area contributed by atoms with Crippen LogP contribution in [-0.4, -0.2) is 19.6 Å². The SMILES string of the molecule is S=C1NC(c2ccccn2)C(c2cccn2-c2ccc(Cl)cn2)N1c1ccc(Cl)cc1. The number of pyridine rings is 2. The van der Waals surface area contributed by atoms with Crippen molar-refractivity contribution in [1.82, 2.24) is 19.9 Å². The molecule has 2 atom stereocenters.